The van der Waals surface area contributed by atoms with E-state index in [1.165, 1.54) is 42.6 Å². The molecule has 116 valence electrons. The molecule has 2 heteroatoms. The summed E-state index contributed by atoms with van der Waals surface area (Å²) in [6.45, 7) is 12.6. The molecule has 1 aromatic carbocycles. The number of aryl methyl sites for hydroxylation is 2. The molecule has 0 radical (unpaired) electrons. The normalized spacial score (nSPS) is 27.3. The average Bonchev–Trinajstić information content (AvgIpc) is 3.27. The predicted octanol–water partition coefficient (Wildman–Crippen LogP) is 3.51. The zero-order chi connectivity index (χ0) is 15.0. The number of hydrogen-bond acceptors (Lipinski definition) is 2. The summed E-state index contributed by atoms with van der Waals surface area (Å²) in [6, 6.07) is 8.28. The Morgan fingerprint density at radius 3 is 2.67 bits per heavy atom. The van der Waals surface area contributed by atoms with Crippen LogP contribution < -0.4 is 5.32 Å². The van der Waals surface area contributed by atoms with Crippen LogP contribution in [-0.2, 0) is 6.54 Å². The zero-order valence-electron chi connectivity index (χ0n) is 14.0. The van der Waals surface area contributed by atoms with Crippen molar-refractivity contribution in [3.63, 3.8) is 0 Å². The highest BCUT2D eigenvalue weighted by atomic mass is 15.2. The average molecular weight is 286 g/mol. The van der Waals surface area contributed by atoms with Crippen LogP contribution >= 0.6 is 0 Å². The van der Waals surface area contributed by atoms with Gasteiger partial charge in [0.15, 0.2) is 0 Å². The molecule has 0 aromatic heterocycles. The lowest BCUT2D eigenvalue weighted by Crippen LogP contribution is -2.58. The Labute approximate surface area is 129 Å². The molecule has 21 heavy (non-hydrogen) atoms. The lowest BCUT2D eigenvalue weighted by molar-refractivity contribution is 0.0924. The van der Waals surface area contributed by atoms with Crippen molar-refractivity contribution in [2.45, 2.75) is 59.2 Å². The first-order chi connectivity index (χ1) is 10.0. The van der Waals surface area contributed by atoms with Crippen molar-refractivity contribution in [3.05, 3.63) is 34.9 Å². The van der Waals surface area contributed by atoms with Gasteiger partial charge in [-0.05, 0) is 49.7 Å². The van der Waals surface area contributed by atoms with Gasteiger partial charge in [0, 0.05) is 31.7 Å². The van der Waals surface area contributed by atoms with Crippen molar-refractivity contribution in [1.29, 1.82) is 0 Å². The Bertz CT molecular complexity index is 490. The molecule has 1 heterocycles. The van der Waals surface area contributed by atoms with Crippen LogP contribution in [0.5, 0.6) is 0 Å². The molecule has 1 aliphatic carbocycles. The van der Waals surface area contributed by atoms with Crippen LogP contribution in [0.3, 0.4) is 0 Å². The van der Waals surface area contributed by atoms with Crippen LogP contribution in [-0.4, -0.2) is 30.1 Å². The second kappa shape index (κ2) is 6.10. The van der Waals surface area contributed by atoms with Crippen molar-refractivity contribution in [2.24, 2.45) is 11.8 Å². The number of hydrogen-bond donors (Lipinski definition) is 1. The fraction of sp³-hybridized carbons (Fsp3) is 0.684. The fourth-order valence-electron chi connectivity index (χ4n) is 3.62. The van der Waals surface area contributed by atoms with E-state index in [9.17, 15) is 0 Å². The maximum absolute atomic E-state index is 3.79. The summed E-state index contributed by atoms with van der Waals surface area (Å²) in [5, 5.41) is 3.79. The molecule has 2 nitrogen and oxygen atoms in total. The zero-order valence-corrected chi connectivity index (χ0v) is 14.0. The molecule has 1 aromatic rings. The summed E-state index contributed by atoms with van der Waals surface area (Å²) in [7, 11) is 0. The van der Waals surface area contributed by atoms with Crippen molar-refractivity contribution < 1.29 is 0 Å². The Morgan fingerprint density at radius 2 is 2.00 bits per heavy atom. The molecular formula is C19H30N2. The van der Waals surface area contributed by atoms with Gasteiger partial charge in [-0.2, -0.15) is 0 Å². The van der Waals surface area contributed by atoms with Crippen LogP contribution in [0.2, 0.25) is 0 Å². The van der Waals surface area contributed by atoms with E-state index in [-0.39, 0.29) is 0 Å². The predicted molar refractivity (Wildman–Crippen MR) is 89.5 cm³/mol. The maximum Gasteiger partial charge on any atom is 0.0253 e. The Hall–Kier alpha value is -0.860. The van der Waals surface area contributed by atoms with Crippen LogP contribution in [0.15, 0.2) is 18.2 Å². The molecule has 2 atom stereocenters. The van der Waals surface area contributed by atoms with Gasteiger partial charge >= 0.3 is 0 Å². The lowest BCUT2D eigenvalue weighted by Gasteiger charge is -2.42. The van der Waals surface area contributed by atoms with E-state index in [1.807, 2.05) is 0 Å². The smallest absolute Gasteiger partial charge is 0.0253 e. The molecule has 0 spiro atoms. The van der Waals surface area contributed by atoms with E-state index in [4.69, 9.17) is 0 Å². The first kappa shape index (κ1) is 15.1. The first-order valence-electron chi connectivity index (χ1n) is 8.58. The van der Waals surface area contributed by atoms with E-state index in [2.05, 4.69) is 56.1 Å². The van der Waals surface area contributed by atoms with Gasteiger partial charge in [-0.1, -0.05) is 37.6 Å². The van der Waals surface area contributed by atoms with Crippen molar-refractivity contribution in [1.82, 2.24) is 10.2 Å². The molecule has 2 fully saturated rings. The van der Waals surface area contributed by atoms with Gasteiger partial charge in [-0.3, -0.25) is 4.90 Å². The molecule has 0 bridgehead atoms. The molecule has 1 saturated carbocycles. The molecule has 1 aliphatic heterocycles. The minimum absolute atomic E-state index is 0.644. The van der Waals surface area contributed by atoms with E-state index < -0.39 is 0 Å². The Morgan fingerprint density at radius 1 is 1.24 bits per heavy atom. The van der Waals surface area contributed by atoms with Crippen LogP contribution in [0.1, 0.15) is 43.4 Å². The second-order valence-corrected chi connectivity index (χ2v) is 7.52. The highest BCUT2D eigenvalue weighted by Crippen LogP contribution is 2.37. The van der Waals surface area contributed by atoms with Gasteiger partial charge in [0.1, 0.15) is 0 Å². The molecule has 2 unspecified atom stereocenters. The Kier molecular flexibility index (Phi) is 4.37. The quantitative estimate of drug-likeness (QED) is 0.911. The topological polar surface area (TPSA) is 15.3 Å². The fourth-order valence-corrected chi connectivity index (χ4v) is 3.62. The number of rotatable bonds is 4. The van der Waals surface area contributed by atoms with Crippen molar-refractivity contribution >= 4 is 0 Å². The third-order valence-electron chi connectivity index (χ3n) is 5.34. The minimum atomic E-state index is 0.644. The third-order valence-corrected chi connectivity index (χ3v) is 5.34. The summed E-state index contributed by atoms with van der Waals surface area (Å²) in [4.78, 5) is 2.76. The van der Waals surface area contributed by atoms with Gasteiger partial charge in [0.2, 0.25) is 0 Å². The van der Waals surface area contributed by atoms with Gasteiger partial charge in [0.05, 0.1) is 0 Å². The van der Waals surface area contributed by atoms with Gasteiger partial charge in [-0.15, -0.1) is 0 Å². The molecule has 1 saturated heterocycles. The number of piperazine rings is 1. The van der Waals surface area contributed by atoms with E-state index in [0.29, 0.717) is 12.0 Å². The van der Waals surface area contributed by atoms with Gasteiger partial charge < -0.3 is 5.32 Å². The number of nitrogens with one attached hydrogen (secondary N) is 1. The SMILES string of the molecule is Cc1ccc(C)c(CN2CC(C(C)C)NCC2C2CC2)c1. The van der Waals surface area contributed by atoms with Crippen LogP contribution in [0.25, 0.3) is 0 Å². The summed E-state index contributed by atoms with van der Waals surface area (Å²) in [6.07, 6.45) is 2.87. The van der Waals surface area contributed by atoms with E-state index in [1.54, 1.807) is 0 Å². The van der Waals surface area contributed by atoms with Crippen molar-refractivity contribution in [2.75, 3.05) is 13.1 Å². The summed E-state index contributed by atoms with van der Waals surface area (Å²) in [5.41, 5.74) is 4.34. The monoisotopic (exact) mass is 286 g/mol. The van der Waals surface area contributed by atoms with E-state index >= 15 is 0 Å². The summed E-state index contributed by atoms with van der Waals surface area (Å²) in [5.74, 6) is 1.65. The largest absolute Gasteiger partial charge is 0.311 e. The second-order valence-electron chi connectivity index (χ2n) is 7.52. The molecular weight excluding hydrogens is 256 g/mol. The van der Waals surface area contributed by atoms with Crippen molar-refractivity contribution in [3.8, 4) is 0 Å². The standard InChI is InChI=1S/C19H30N2/c1-13(2)18-12-21(19(10-20-18)16-7-8-16)11-17-9-14(3)5-6-15(17)4/h5-6,9,13,16,18-20H,7-8,10-12H2,1-4H3. The highest BCUT2D eigenvalue weighted by Gasteiger charge is 2.39. The highest BCUT2D eigenvalue weighted by molar-refractivity contribution is 5.30. The molecule has 2 aliphatic rings. The first-order valence-corrected chi connectivity index (χ1v) is 8.58. The lowest BCUT2D eigenvalue weighted by atomic mass is 9.96. The molecule has 3 rings (SSSR count). The third kappa shape index (κ3) is 3.49. The van der Waals surface area contributed by atoms with Crippen LogP contribution in [0, 0.1) is 25.7 Å². The van der Waals surface area contributed by atoms with E-state index in [0.717, 1.165) is 18.5 Å². The van der Waals surface area contributed by atoms with Gasteiger partial charge in [-0.25, -0.2) is 0 Å². The number of nitrogens with zero attached hydrogens (tertiary/aromatic N) is 1. The molecule has 1 N–H and O–H groups in total. The Balaban J connectivity index is 1.76. The number of benzene rings is 1. The molecule has 0 amide bonds. The minimum Gasteiger partial charge on any atom is -0.311 e. The summed E-state index contributed by atoms with van der Waals surface area (Å²) < 4.78 is 0. The maximum atomic E-state index is 3.79. The van der Waals surface area contributed by atoms with Crippen LogP contribution in [0.4, 0.5) is 0 Å². The summed E-state index contributed by atoms with van der Waals surface area (Å²) >= 11 is 0. The van der Waals surface area contributed by atoms with Gasteiger partial charge in [0.25, 0.3) is 0 Å².